The van der Waals surface area contributed by atoms with Crippen molar-refractivity contribution in [1.29, 1.82) is 0 Å². The Labute approximate surface area is 107 Å². The molecule has 0 aliphatic carbocycles. The van der Waals surface area contributed by atoms with E-state index < -0.39 is 0 Å². The van der Waals surface area contributed by atoms with Crippen LogP contribution in [0.4, 0.5) is 0 Å². The standard InChI is InChI=1S/C14H19ClN2/c1-3-4-11-9-17(8-7-16)14-10(2)13(15)6-5-12(11)14/h5-6,9H,3-4,7-8,16H2,1-2H3. The van der Waals surface area contributed by atoms with Crippen LogP contribution in [-0.2, 0) is 13.0 Å². The third-order valence-electron chi connectivity index (χ3n) is 3.20. The van der Waals surface area contributed by atoms with E-state index >= 15 is 0 Å². The highest BCUT2D eigenvalue weighted by Gasteiger charge is 2.11. The first-order valence-electron chi connectivity index (χ1n) is 6.16. The van der Waals surface area contributed by atoms with Crippen LogP contribution in [0.25, 0.3) is 10.9 Å². The van der Waals surface area contributed by atoms with Gasteiger partial charge in [0, 0.05) is 29.7 Å². The summed E-state index contributed by atoms with van der Waals surface area (Å²) in [5, 5.41) is 2.15. The van der Waals surface area contributed by atoms with Gasteiger partial charge in [-0.2, -0.15) is 0 Å². The number of nitrogens with zero attached hydrogens (tertiary/aromatic N) is 1. The van der Waals surface area contributed by atoms with E-state index in [9.17, 15) is 0 Å². The second-order valence-electron chi connectivity index (χ2n) is 4.45. The van der Waals surface area contributed by atoms with Gasteiger partial charge in [-0.05, 0) is 30.5 Å². The molecule has 0 saturated carbocycles. The monoisotopic (exact) mass is 250 g/mol. The molecule has 3 heteroatoms. The van der Waals surface area contributed by atoms with Gasteiger partial charge in [-0.25, -0.2) is 0 Å². The maximum absolute atomic E-state index is 6.20. The summed E-state index contributed by atoms with van der Waals surface area (Å²) in [6.45, 7) is 5.78. The van der Waals surface area contributed by atoms with Crippen molar-refractivity contribution >= 4 is 22.5 Å². The predicted molar refractivity (Wildman–Crippen MR) is 74.7 cm³/mol. The maximum Gasteiger partial charge on any atom is 0.0528 e. The molecule has 0 aliphatic heterocycles. The van der Waals surface area contributed by atoms with Crippen molar-refractivity contribution < 1.29 is 0 Å². The number of fused-ring (bicyclic) bond motifs is 1. The van der Waals surface area contributed by atoms with Crippen LogP contribution in [0, 0.1) is 6.92 Å². The van der Waals surface area contributed by atoms with Crippen molar-refractivity contribution in [2.75, 3.05) is 6.54 Å². The number of halogens is 1. The lowest BCUT2D eigenvalue weighted by Crippen LogP contribution is -2.09. The lowest BCUT2D eigenvalue weighted by Gasteiger charge is -2.06. The molecule has 2 aromatic rings. The van der Waals surface area contributed by atoms with Crippen molar-refractivity contribution in [3.05, 3.63) is 34.5 Å². The van der Waals surface area contributed by atoms with Crippen molar-refractivity contribution in [1.82, 2.24) is 4.57 Å². The van der Waals surface area contributed by atoms with E-state index in [1.54, 1.807) is 0 Å². The highest BCUT2D eigenvalue weighted by Crippen LogP contribution is 2.29. The fraction of sp³-hybridized carbons (Fsp3) is 0.429. The minimum atomic E-state index is 0.654. The average molecular weight is 251 g/mol. The van der Waals surface area contributed by atoms with Crippen LogP contribution in [0.3, 0.4) is 0 Å². The summed E-state index contributed by atoms with van der Waals surface area (Å²) in [4.78, 5) is 0. The minimum absolute atomic E-state index is 0.654. The smallest absolute Gasteiger partial charge is 0.0528 e. The van der Waals surface area contributed by atoms with Gasteiger partial charge >= 0.3 is 0 Å². The van der Waals surface area contributed by atoms with Crippen LogP contribution in [-0.4, -0.2) is 11.1 Å². The second kappa shape index (κ2) is 5.11. The van der Waals surface area contributed by atoms with Gasteiger partial charge in [0.05, 0.1) is 5.52 Å². The maximum atomic E-state index is 6.20. The van der Waals surface area contributed by atoms with Gasteiger partial charge in [-0.1, -0.05) is 31.0 Å². The summed E-state index contributed by atoms with van der Waals surface area (Å²) in [6.07, 6.45) is 4.49. The van der Waals surface area contributed by atoms with Crippen LogP contribution in [0.5, 0.6) is 0 Å². The van der Waals surface area contributed by atoms with E-state index in [2.05, 4.69) is 30.7 Å². The van der Waals surface area contributed by atoms with Crippen LogP contribution in [0.2, 0.25) is 5.02 Å². The number of benzene rings is 1. The van der Waals surface area contributed by atoms with Crippen LogP contribution >= 0.6 is 11.6 Å². The number of hydrogen-bond donors (Lipinski definition) is 1. The first kappa shape index (κ1) is 12.5. The Bertz CT molecular complexity index is 528. The summed E-state index contributed by atoms with van der Waals surface area (Å²) in [5.74, 6) is 0. The Balaban J connectivity index is 2.67. The van der Waals surface area contributed by atoms with E-state index in [-0.39, 0.29) is 0 Å². The Hall–Kier alpha value is -0.990. The highest BCUT2D eigenvalue weighted by atomic mass is 35.5. The van der Waals surface area contributed by atoms with Gasteiger partial charge in [-0.3, -0.25) is 0 Å². The Morgan fingerprint density at radius 1 is 1.35 bits per heavy atom. The average Bonchev–Trinajstić information content (AvgIpc) is 2.64. The molecule has 92 valence electrons. The molecule has 2 N–H and O–H groups in total. The zero-order valence-electron chi connectivity index (χ0n) is 10.5. The molecular weight excluding hydrogens is 232 g/mol. The molecular formula is C14H19ClN2. The molecule has 0 amide bonds. The summed E-state index contributed by atoms with van der Waals surface area (Å²) in [7, 11) is 0. The van der Waals surface area contributed by atoms with Crippen molar-refractivity contribution in [2.24, 2.45) is 5.73 Å². The van der Waals surface area contributed by atoms with Crippen molar-refractivity contribution in [3.63, 3.8) is 0 Å². The molecule has 0 bridgehead atoms. The number of aromatic nitrogens is 1. The van der Waals surface area contributed by atoms with Gasteiger partial charge in [0.25, 0.3) is 0 Å². The molecule has 1 heterocycles. The number of rotatable bonds is 4. The van der Waals surface area contributed by atoms with Gasteiger partial charge in [0.1, 0.15) is 0 Å². The summed E-state index contributed by atoms with van der Waals surface area (Å²) in [5.41, 5.74) is 9.46. The molecule has 1 aromatic carbocycles. The molecule has 0 aliphatic rings. The molecule has 0 saturated heterocycles. The zero-order valence-corrected chi connectivity index (χ0v) is 11.2. The quantitative estimate of drug-likeness (QED) is 0.885. The molecule has 0 atom stereocenters. The Kier molecular flexibility index (Phi) is 3.75. The summed E-state index contributed by atoms with van der Waals surface area (Å²) >= 11 is 6.20. The highest BCUT2D eigenvalue weighted by molar-refractivity contribution is 6.32. The first-order valence-corrected chi connectivity index (χ1v) is 6.53. The lowest BCUT2D eigenvalue weighted by molar-refractivity contribution is 0.729. The predicted octanol–water partition coefficient (Wildman–Crippen LogP) is 3.51. The molecule has 0 fully saturated rings. The van der Waals surface area contributed by atoms with E-state index in [0.717, 1.165) is 30.0 Å². The van der Waals surface area contributed by atoms with Crippen LogP contribution in [0.15, 0.2) is 18.3 Å². The zero-order chi connectivity index (χ0) is 12.4. The van der Waals surface area contributed by atoms with Gasteiger partial charge in [-0.15, -0.1) is 0 Å². The lowest BCUT2D eigenvalue weighted by atomic mass is 10.1. The Morgan fingerprint density at radius 3 is 2.76 bits per heavy atom. The molecule has 0 unspecified atom stereocenters. The fourth-order valence-electron chi connectivity index (χ4n) is 2.41. The SMILES string of the molecule is CCCc1cn(CCN)c2c(C)c(Cl)ccc12. The van der Waals surface area contributed by atoms with Crippen LogP contribution < -0.4 is 5.73 Å². The van der Waals surface area contributed by atoms with E-state index in [0.29, 0.717) is 6.54 Å². The normalized spacial score (nSPS) is 11.3. The summed E-state index contributed by atoms with van der Waals surface area (Å²) < 4.78 is 2.24. The topological polar surface area (TPSA) is 30.9 Å². The number of hydrogen-bond acceptors (Lipinski definition) is 1. The number of nitrogens with two attached hydrogens (primary N) is 1. The molecule has 17 heavy (non-hydrogen) atoms. The molecule has 2 rings (SSSR count). The van der Waals surface area contributed by atoms with E-state index in [1.165, 1.54) is 16.5 Å². The molecule has 0 spiro atoms. The van der Waals surface area contributed by atoms with Gasteiger partial charge in [0.15, 0.2) is 0 Å². The minimum Gasteiger partial charge on any atom is -0.346 e. The first-order chi connectivity index (χ1) is 8.19. The molecule has 0 radical (unpaired) electrons. The van der Waals surface area contributed by atoms with Crippen molar-refractivity contribution in [3.8, 4) is 0 Å². The van der Waals surface area contributed by atoms with E-state index in [1.807, 2.05) is 6.07 Å². The largest absolute Gasteiger partial charge is 0.346 e. The van der Waals surface area contributed by atoms with E-state index in [4.69, 9.17) is 17.3 Å². The number of aryl methyl sites for hydroxylation is 2. The van der Waals surface area contributed by atoms with Crippen LogP contribution in [0.1, 0.15) is 24.5 Å². The summed E-state index contributed by atoms with van der Waals surface area (Å²) in [6, 6.07) is 4.12. The van der Waals surface area contributed by atoms with Crippen molar-refractivity contribution in [2.45, 2.75) is 33.2 Å². The second-order valence-corrected chi connectivity index (χ2v) is 4.86. The Morgan fingerprint density at radius 2 is 2.12 bits per heavy atom. The van der Waals surface area contributed by atoms with Gasteiger partial charge < -0.3 is 10.3 Å². The third-order valence-corrected chi connectivity index (χ3v) is 3.61. The molecule has 1 aromatic heterocycles. The fourth-order valence-corrected chi connectivity index (χ4v) is 2.56. The van der Waals surface area contributed by atoms with Gasteiger partial charge in [0.2, 0.25) is 0 Å². The third kappa shape index (κ3) is 2.20. The molecule has 2 nitrogen and oxygen atoms in total.